The molecule has 0 spiro atoms. The Balaban J connectivity index is 1.35. The SMILES string of the molecule is Cc1nn(C)c(C(=O)O)c1C=C(CNC(=O)OCC1c2ccccc2-c2ccccc21)B1OC(C)(C)C(C)(C)O1. The first kappa shape index (κ1) is 27.7. The Morgan fingerprint density at radius 1 is 1.05 bits per heavy atom. The molecule has 0 saturated carbocycles. The van der Waals surface area contributed by atoms with Crippen LogP contribution in [0.2, 0.25) is 0 Å². The number of nitrogens with zero attached hydrogens (tertiary/aromatic N) is 2. The number of aromatic carboxylic acids is 1. The summed E-state index contributed by atoms with van der Waals surface area (Å²) in [7, 11) is 0.775. The lowest BCUT2D eigenvalue weighted by Crippen LogP contribution is -2.41. The number of fused-ring (bicyclic) bond motifs is 3. The molecular formula is C30H34BN3O6. The van der Waals surface area contributed by atoms with Crippen molar-refractivity contribution in [2.24, 2.45) is 7.05 Å². The lowest BCUT2D eigenvalue weighted by Gasteiger charge is -2.32. The Kier molecular flexibility index (Phi) is 7.10. The predicted molar refractivity (Wildman–Crippen MR) is 152 cm³/mol. The van der Waals surface area contributed by atoms with Crippen LogP contribution in [0.5, 0.6) is 0 Å². The second-order valence-corrected chi connectivity index (χ2v) is 11.3. The minimum absolute atomic E-state index is 0.0287. The molecule has 0 radical (unpaired) electrons. The summed E-state index contributed by atoms with van der Waals surface area (Å²) in [6, 6.07) is 16.3. The van der Waals surface area contributed by atoms with E-state index in [4.69, 9.17) is 14.0 Å². The van der Waals surface area contributed by atoms with E-state index < -0.39 is 30.4 Å². The van der Waals surface area contributed by atoms with Gasteiger partial charge in [-0.3, -0.25) is 4.68 Å². The smallest absolute Gasteiger partial charge is 0.477 e. The molecule has 2 aliphatic rings. The molecule has 208 valence electrons. The van der Waals surface area contributed by atoms with Gasteiger partial charge >= 0.3 is 19.2 Å². The fourth-order valence-corrected chi connectivity index (χ4v) is 5.31. The number of aryl methyl sites for hydroxylation is 2. The summed E-state index contributed by atoms with van der Waals surface area (Å²) in [6.45, 7) is 9.67. The van der Waals surface area contributed by atoms with E-state index >= 15 is 0 Å². The van der Waals surface area contributed by atoms with E-state index in [1.807, 2.05) is 52.0 Å². The zero-order chi connectivity index (χ0) is 28.8. The number of ether oxygens (including phenoxy) is 1. The number of benzene rings is 2. The molecule has 1 amide bonds. The standard InChI is InChI=1S/C30H34BN3O6/c1-18-24(26(27(35)36)34(6)33-18)15-19(31-39-29(2,3)30(4,5)40-31)16-32-28(37)38-17-25-22-13-9-7-11-20(22)21-12-8-10-14-23(21)25/h7-15,25H,16-17H2,1-6H3,(H,32,37)(H,35,36). The van der Waals surface area contributed by atoms with Gasteiger partial charge in [0.15, 0.2) is 5.69 Å². The van der Waals surface area contributed by atoms with Crippen molar-refractivity contribution < 1.29 is 28.7 Å². The number of rotatable bonds is 7. The largest absolute Gasteiger partial charge is 0.492 e. The molecule has 2 heterocycles. The highest BCUT2D eigenvalue weighted by Gasteiger charge is 2.52. The van der Waals surface area contributed by atoms with Crippen molar-refractivity contribution in [3.63, 3.8) is 0 Å². The minimum atomic E-state index is -1.10. The van der Waals surface area contributed by atoms with Crippen molar-refractivity contribution in [3.8, 4) is 11.1 Å². The lowest BCUT2D eigenvalue weighted by molar-refractivity contribution is 0.00578. The quantitative estimate of drug-likeness (QED) is 0.405. The molecule has 3 aromatic rings. The van der Waals surface area contributed by atoms with Crippen molar-refractivity contribution in [1.82, 2.24) is 15.1 Å². The third-order valence-electron chi connectivity index (χ3n) is 8.14. The highest BCUT2D eigenvalue weighted by molar-refractivity contribution is 6.56. The Bertz CT molecular complexity index is 1450. The van der Waals surface area contributed by atoms with Crippen LogP contribution in [-0.4, -0.2) is 58.4 Å². The fourth-order valence-electron chi connectivity index (χ4n) is 5.31. The summed E-state index contributed by atoms with van der Waals surface area (Å²) in [5, 5.41) is 16.9. The van der Waals surface area contributed by atoms with Gasteiger partial charge < -0.3 is 24.5 Å². The summed E-state index contributed by atoms with van der Waals surface area (Å²) >= 11 is 0. The van der Waals surface area contributed by atoms with Gasteiger partial charge in [-0.2, -0.15) is 5.10 Å². The Morgan fingerprint density at radius 3 is 2.15 bits per heavy atom. The first-order valence-electron chi connectivity index (χ1n) is 13.3. The van der Waals surface area contributed by atoms with Crippen LogP contribution in [0.25, 0.3) is 17.2 Å². The van der Waals surface area contributed by atoms with E-state index in [9.17, 15) is 14.7 Å². The van der Waals surface area contributed by atoms with Crippen LogP contribution < -0.4 is 5.32 Å². The molecule has 40 heavy (non-hydrogen) atoms. The first-order valence-corrected chi connectivity index (χ1v) is 13.3. The highest BCUT2D eigenvalue weighted by atomic mass is 16.7. The van der Waals surface area contributed by atoms with Gasteiger partial charge in [0, 0.05) is 25.1 Å². The van der Waals surface area contributed by atoms with Crippen LogP contribution in [0.1, 0.15) is 66.5 Å². The van der Waals surface area contributed by atoms with Crippen LogP contribution in [-0.2, 0) is 21.1 Å². The molecule has 9 nitrogen and oxygen atoms in total. The molecule has 1 aromatic heterocycles. The Morgan fingerprint density at radius 2 is 1.60 bits per heavy atom. The van der Waals surface area contributed by atoms with Crippen molar-refractivity contribution in [2.75, 3.05) is 13.2 Å². The number of alkyl carbamates (subject to hydrolysis) is 1. The number of carbonyl (C=O) groups is 2. The van der Waals surface area contributed by atoms with E-state index in [-0.39, 0.29) is 24.8 Å². The third-order valence-corrected chi connectivity index (χ3v) is 8.14. The van der Waals surface area contributed by atoms with Gasteiger partial charge in [-0.05, 0) is 62.3 Å². The molecule has 10 heteroatoms. The van der Waals surface area contributed by atoms with E-state index in [2.05, 4.69) is 34.7 Å². The number of carboxylic acids is 1. The maximum atomic E-state index is 12.9. The van der Waals surface area contributed by atoms with Crippen LogP contribution in [0.15, 0.2) is 54.0 Å². The number of hydrogen-bond acceptors (Lipinski definition) is 6. The van der Waals surface area contributed by atoms with Crippen molar-refractivity contribution in [3.05, 3.63) is 82.1 Å². The maximum Gasteiger partial charge on any atom is 0.492 e. The van der Waals surface area contributed by atoms with E-state index in [1.54, 1.807) is 20.0 Å². The molecule has 2 N–H and O–H groups in total. The molecule has 1 fully saturated rings. The summed E-state index contributed by atoms with van der Waals surface area (Å²) in [6.07, 6.45) is 1.09. The summed E-state index contributed by atoms with van der Waals surface area (Å²) in [4.78, 5) is 24.9. The predicted octanol–water partition coefficient (Wildman–Crippen LogP) is 4.98. The van der Waals surface area contributed by atoms with Gasteiger partial charge in [0.2, 0.25) is 0 Å². The van der Waals surface area contributed by atoms with Gasteiger partial charge in [0.1, 0.15) is 6.61 Å². The van der Waals surface area contributed by atoms with Crippen molar-refractivity contribution in [1.29, 1.82) is 0 Å². The number of nitrogens with one attached hydrogen (secondary N) is 1. The monoisotopic (exact) mass is 543 g/mol. The Labute approximate surface area is 234 Å². The number of carbonyl (C=O) groups excluding carboxylic acids is 1. The topological polar surface area (TPSA) is 112 Å². The molecule has 2 aromatic carbocycles. The molecule has 5 rings (SSSR count). The van der Waals surface area contributed by atoms with Crippen LogP contribution in [0.3, 0.4) is 0 Å². The minimum Gasteiger partial charge on any atom is -0.477 e. The van der Waals surface area contributed by atoms with Crippen LogP contribution in [0, 0.1) is 6.92 Å². The zero-order valence-corrected chi connectivity index (χ0v) is 23.6. The second-order valence-electron chi connectivity index (χ2n) is 11.3. The molecule has 0 bridgehead atoms. The molecular weight excluding hydrogens is 509 g/mol. The van der Waals surface area contributed by atoms with Crippen LogP contribution >= 0.6 is 0 Å². The number of hydrogen-bond donors (Lipinski definition) is 2. The molecule has 1 aliphatic heterocycles. The normalized spacial score (nSPS) is 17.4. The summed E-state index contributed by atoms with van der Waals surface area (Å²) in [5.41, 5.74) is 4.85. The third kappa shape index (κ3) is 4.93. The fraction of sp³-hybridized carbons (Fsp3) is 0.367. The van der Waals surface area contributed by atoms with Gasteiger partial charge in [0.25, 0.3) is 0 Å². The molecule has 1 saturated heterocycles. The summed E-state index contributed by atoms with van der Waals surface area (Å²) in [5.74, 6) is -1.17. The average Bonchev–Trinajstić information content (AvgIpc) is 3.45. The maximum absolute atomic E-state index is 12.9. The number of amides is 1. The lowest BCUT2D eigenvalue weighted by atomic mass is 9.76. The van der Waals surface area contributed by atoms with E-state index in [0.717, 1.165) is 22.3 Å². The Hall–Kier alpha value is -3.89. The van der Waals surface area contributed by atoms with Gasteiger partial charge in [-0.1, -0.05) is 54.6 Å². The first-order chi connectivity index (χ1) is 18.9. The highest BCUT2D eigenvalue weighted by Crippen LogP contribution is 2.44. The number of carboxylic acid groups (broad SMARTS) is 1. The number of aromatic nitrogens is 2. The van der Waals surface area contributed by atoms with E-state index in [0.29, 0.717) is 16.7 Å². The second kappa shape index (κ2) is 10.3. The van der Waals surface area contributed by atoms with Gasteiger partial charge in [-0.15, -0.1) is 0 Å². The summed E-state index contributed by atoms with van der Waals surface area (Å²) < 4.78 is 19.5. The molecule has 1 aliphatic carbocycles. The molecule has 0 atom stereocenters. The van der Waals surface area contributed by atoms with Crippen molar-refractivity contribution in [2.45, 2.75) is 51.7 Å². The van der Waals surface area contributed by atoms with Gasteiger partial charge in [0.05, 0.1) is 16.9 Å². The van der Waals surface area contributed by atoms with Crippen molar-refractivity contribution >= 4 is 25.3 Å². The average molecular weight is 543 g/mol. The van der Waals surface area contributed by atoms with Gasteiger partial charge in [-0.25, -0.2) is 9.59 Å². The zero-order valence-electron chi connectivity index (χ0n) is 23.6. The van der Waals surface area contributed by atoms with Crippen LogP contribution in [0.4, 0.5) is 4.79 Å². The van der Waals surface area contributed by atoms with E-state index in [1.165, 1.54) is 4.68 Å². The molecule has 0 unspecified atom stereocenters.